The summed E-state index contributed by atoms with van der Waals surface area (Å²) in [6, 6.07) is 8.11. The van der Waals surface area contributed by atoms with Gasteiger partial charge < -0.3 is 9.47 Å². The van der Waals surface area contributed by atoms with Crippen LogP contribution in [-0.2, 0) is 11.3 Å². The van der Waals surface area contributed by atoms with Gasteiger partial charge in [-0.05, 0) is 12.5 Å². The fourth-order valence-electron chi connectivity index (χ4n) is 1.87. The first-order valence-corrected chi connectivity index (χ1v) is 4.79. The second-order valence-corrected chi connectivity index (χ2v) is 3.76. The van der Waals surface area contributed by atoms with Gasteiger partial charge in [0.1, 0.15) is 5.75 Å². The zero-order chi connectivity index (χ0) is 8.73. The predicted octanol–water partition coefficient (Wildman–Crippen LogP) is 2.48. The van der Waals surface area contributed by atoms with E-state index < -0.39 is 0 Å². The number of rotatable bonds is 0. The molecule has 1 heterocycles. The summed E-state index contributed by atoms with van der Waals surface area (Å²) in [4.78, 5) is 0. The third-order valence-corrected chi connectivity index (χ3v) is 2.87. The van der Waals surface area contributed by atoms with Crippen LogP contribution in [0.5, 0.6) is 5.75 Å². The first-order chi connectivity index (χ1) is 6.38. The third kappa shape index (κ3) is 1.05. The maximum absolute atomic E-state index is 5.83. The molecule has 0 radical (unpaired) electrons. The summed E-state index contributed by atoms with van der Waals surface area (Å²) < 4.78 is 11.5. The Morgan fingerprint density at radius 1 is 1.15 bits per heavy atom. The summed E-state index contributed by atoms with van der Waals surface area (Å²) >= 11 is 0. The van der Waals surface area contributed by atoms with Crippen molar-refractivity contribution < 1.29 is 9.47 Å². The average molecular weight is 176 g/mol. The summed E-state index contributed by atoms with van der Waals surface area (Å²) in [6.45, 7) is 0.705. The van der Waals surface area contributed by atoms with Gasteiger partial charge in [0.2, 0.25) is 5.79 Å². The average Bonchev–Trinajstić information content (AvgIpc) is 2.15. The first-order valence-electron chi connectivity index (χ1n) is 4.79. The first kappa shape index (κ1) is 7.39. The van der Waals surface area contributed by atoms with Crippen molar-refractivity contribution >= 4 is 0 Å². The highest BCUT2D eigenvalue weighted by Gasteiger charge is 2.43. The molecule has 1 aliphatic heterocycles. The SMILES string of the molecule is c1ccc2c(c1)COC1(CCC1)O2. The van der Waals surface area contributed by atoms with Crippen LogP contribution in [-0.4, -0.2) is 5.79 Å². The van der Waals surface area contributed by atoms with Gasteiger partial charge in [-0.3, -0.25) is 0 Å². The van der Waals surface area contributed by atoms with Gasteiger partial charge in [-0.15, -0.1) is 0 Å². The van der Waals surface area contributed by atoms with Gasteiger partial charge in [0.25, 0.3) is 0 Å². The Morgan fingerprint density at radius 2 is 2.00 bits per heavy atom. The normalized spacial score (nSPS) is 23.1. The predicted molar refractivity (Wildman–Crippen MR) is 48.4 cm³/mol. The Hall–Kier alpha value is -1.02. The molecule has 68 valence electrons. The Balaban J connectivity index is 1.94. The van der Waals surface area contributed by atoms with Crippen molar-refractivity contribution in [1.29, 1.82) is 0 Å². The molecule has 0 atom stereocenters. The van der Waals surface area contributed by atoms with Crippen molar-refractivity contribution in [1.82, 2.24) is 0 Å². The summed E-state index contributed by atoms with van der Waals surface area (Å²) in [5.41, 5.74) is 1.17. The second kappa shape index (κ2) is 2.48. The molecule has 2 heteroatoms. The standard InChI is InChI=1S/C11H12O2/c1-2-5-10-9(4-1)8-12-11(13-10)6-3-7-11/h1-2,4-5H,3,6-8H2. The molecule has 0 N–H and O–H groups in total. The smallest absolute Gasteiger partial charge is 0.210 e. The number of fused-ring (bicyclic) bond motifs is 1. The molecular weight excluding hydrogens is 164 g/mol. The minimum atomic E-state index is -0.256. The van der Waals surface area contributed by atoms with Gasteiger partial charge in [0.15, 0.2) is 0 Å². The Kier molecular flexibility index (Phi) is 1.41. The van der Waals surface area contributed by atoms with Gasteiger partial charge in [-0.2, -0.15) is 0 Å². The summed E-state index contributed by atoms with van der Waals surface area (Å²) in [6.07, 6.45) is 3.31. The lowest BCUT2D eigenvalue weighted by molar-refractivity contribution is -0.247. The quantitative estimate of drug-likeness (QED) is 0.604. The lowest BCUT2D eigenvalue weighted by Crippen LogP contribution is -2.47. The van der Waals surface area contributed by atoms with Gasteiger partial charge in [-0.1, -0.05) is 18.2 Å². The van der Waals surface area contributed by atoms with Crippen LogP contribution in [0.3, 0.4) is 0 Å². The minimum Gasteiger partial charge on any atom is -0.462 e. The van der Waals surface area contributed by atoms with Crippen LogP contribution < -0.4 is 4.74 Å². The highest BCUT2D eigenvalue weighted by atomic mass is 16.7. The van der Waals surface area contributed by atoms with Crippen molar-refractivity contribution in [3.8, 4) is 5.75 Å². The molecule has 2 nitrogen and oxygen atoms in total. The number of hydrogen-bond acceptors (Lipinski definition) is 2. The summed E-state index contributed by atoms with van der Waals surface area (Å²) in [5.74, 6) is 0.752. The van der Waals surface area contributed by atoms with E-state index in [0.29, 0.717) is 6.61 Å². The van der Waals surface area contributed by atoms with Crippen LogP contribution in [0.4, 0.5) is 0 Å². The molecular formula is C11H12O2. The molecule has 0 bridgehead atoms. The molecule has 0 amide bonds. The monoisotopic (exact) mass is 176 g/mol. The van der Waals surface area contributed by atoms with Gasteiger partial charge in [0, 0.05) is 18.4 Å². The molecule has 13 heavy (non-hydrogen) atoms. The van der Waals surface area contributed by atoms with Crippen LogP contribution in [0.2, 0.25) is 0 Å². The van der Waals surface area contributed by atoms with Crippen LogP contribution in [0.25, 0.3) is 0 Å². The van der Waals surface area contributed by atoms with Crippen LogP contribution in [0.1, 0.15) is 24.8 Å². The topological polar surface area (TPSA) is 18.5 Å². The molecule has 1 fully saturated rings. The molecule has 0 saturated heterocycles. The third-order valence-electron chi connectivity index (χ3n) is 2.87. The van der Waals surface area contributed by atoms with E-state index in [1.165, 1.54) is 12.0 Å². The van der Waals surface area contributed by atoms with E-state index in [9.17, 15) is 0 Å². The van der Waals surface area contributed by atoms with Crippen molar-refractivity contribution in [2.75, 3.05) is 0 Å². The maximum Gasteiger partial charge on any atom is 0.210 e. The second-order valence-electron chi connectivity index (χ2n) is 3.76. The molecule has 1 aromatic rings. The zero-order valence-corrected chi connectivity index (χ0v) is 7.45. The number of ether oxygens (including phenoxy) is 2. The largest absolute Gasteiger partial charge is 0.462 e. The molecule has 1 saturated carbocycles. The van der Waals surface area contributed by atoms with Gasteiger partial charge >= 0.3 is 0 Å². The van der Waals surface area contributed by atoms with Crippen molar-refractivity contribution in [3.05, 3.63) is 29.8 Å². The Morgan fingerprint density at radius 3 is 2.77 bits per heavy atom. The molecule has 1 aliphatic carbocycles. The highest BCUT2D eigenvalue weighted by molar-refractivity contribution is 5.34. The molecule has 3 rings (SSSR count). The van der Waals surface area contributed by atoms with Crippen LogP contribution in [0.15, 0.2) is 24.3 Å². The van der Waals surface area contributed by atoms with Gasteiger partial charge in [0.05, 0.1) is 6.61 Å². The van der Waals surface area contributed by atoms with Crippen molar-refractivity contribution in [3.63, 3.8) is 0 Å². The summed E-state index contributed by atoms with van der Waals surface area (Å²) in [5, 5.41) is 0. The zero-order valence-electron chi connectivity index (χ0n) is 7.45. The van der Waals surface area contributed by atoms with E-state index in [4.69, 9.17) is 9.47 Å². The molecule has 2 aliphatic rings. The van der Waals surface area contributed by atoms with E-state index in [-0.39, 0.29) is 5.79 Å². The molecule has 0 aromatic heterocycles. The molecule has 1 aromatic carbocycles. The van der Waals surface area contributed by atoms with Crippen LogP contribution in [0, 0.1) is 0 Å². The maximum atomic E-state index is 5.83. The van der Waals surface area contributed by atoms with Gasteiger partial charge in [-0.25, -0.2) is 0 Å². The van der Waals surface area contributed by atoms with E-state index in [2.05, 4.69) is 6.07 Å². The minimum absolute atomic E-state index is 0.256. The van der Waals surface area contributed by atoms with E-state index in [0.717, 1.165) is 18.6 Å². The lowest BCUT2D eigenvalue weighted by Gasteiger charge is -2.44. The Labute approximate surface area is 77.5 Å². The van der Waals surface area contributed by atoms with E-state index in [1.54, 1.807) is 0 Å². The number of para-hydroxylation sites is 1. The van der Waals surface area contributed by atoms with Crippen molar-refractivity contribution in [2.45, 2.75) is 31.7 Å². The van der Waals surface area contributed by atoms with Crippen LogP contribution >= 0.6 is 0 Å². The lowest BCUT2D eigenvalue weighted by atomic mass is 9.90. The highest BCUT2D eigenvalue weighted by Crippen LogP contribution is 2.42. The number of hydrogen-bond donors (Lipinski definition) is 0. The number of benzene rings is 1. The Bertz CT molecular complexity index is 329. The molecule has 1 spiro atoms. The molecule has 0 unspecified atom stereocenters. The fourth-order valence-corrected chi connectivity index (χ4v) is 1.87. The van der Waals surface area contributed by atoms with E-state index in [1.807, 2.05) is 18.2 Å². The van der Waals surface area contributed by atoms with E-state index >= 15 is 0 Å². The van der Waals surface area contributed by atoms with Crippen molar-refractivity contribution in [2.24, 2.45) is 0 Å². The fraction of sp³-hybridized carbons (Fsp3) is 0.455. The summed E-state index contributed by atoms with van der Waals surface area (Å²) in [7, 11) is 0.